The zero-order valence-corrected chi connectivity index (χ0v) is 32.6. The number of hydrogen-bond donors (Lipinski definition) is 7. The molecule has 0 saturated heterocycles. The number of carboxylic acids is 1. The van der Waals surface area contributed by atoms with Crippen molar-refractivity contribution in [3.8, 4) is 11.5 Å². The van der Waals surface area contributed by atoms with Crippen LogP contribution in [0.2, 0.25) is 0 Å². The molecule has 4 atom stereocenters. The zero-order valence-electron chi connectivity index (χ0n) is 32.6. The second-order valence-electron chi connectivity index (χ2n) is 14.9. The molecular formula is C41H55N5O9. The van der Waals surface area contributed by atoms with Crippen molar-refractivity contribution in [1.29, 1.82) is 0 Å². The summed E-state index contributed by atoms with van der Waals surface area (Å²) in [6, 6.07) is 12.9. The van der Waals surface area contributed by atoms with Crippen LogP contribution in [0.1, 0.15) is 72.8 Å². The highest BCUT2D eigenvalue weighted by molar-refractivity contribution is 6.01. The molecule has 55 heavy (non-hydrogen) atoms. The van der Waals surface area contributed by atoms with E-state index in [0.29, 0.717) is 17.0 Å². The van der Waals surface area contributed by atoms with E-state index >= 15 is 0 Å². The van der Waals surface area contributed by atoms with Crippen molar-refractivity contribution in [3.63, 3.8) is 0 Å². The van der Waals surface area contributed by atoms with Crippen LogP contribution in [-0.4, -0.2) is 77.0 Å². The van der Waals surface area contributed by atoms with Crippen molar-refractivity contribution in [2.45, 2.75) is 97.8 Å². The van der Waals surface area contributed by atoms with Crippen LogP contribution in [0.4, 0.5) is 5.69 Å². The first-order valence-electron chi connectivity index (χ1n) is 18.5. The summed E-state index contributed by atoms with van der Waals surface area (Å²) in [5, 5.41) is 34.3. The van der Waals surface area contributed by atoms with E-state index < -0.39 is 72.0 Å². The van der Waals surface area contributed by atoms with Gasteiger partial charge in [0, 0.05) is 30.0 Å². The Morgan fingerprint density at radius 1 is 0.673 bits per heavy atom. The molecule has 0 spiro atoms. The van der Waals surface area contributed by atoms with Crippen molar-refractivity contribution >= 4 is 52.0 Å². The minimum Gasteiger partial charge on any atom is -0.508 e. The van der Waals surface area contributed by atoms with Gasteiger partial charge >= 0.3 is 5.97 Å². The standard InChI is InChI=1S/C41H55N5O9/c1-23(2)18-31(43-35(48)16-17-36(49)50)39(52)44-32(19-24(3)4)40(53)46-37(25(5)6)41(54)45-33(20-26-12-14-29(47)15-13-26)38(51)42-28-21-27-10-8-9-11-30(27)34(22-28)55-7/h8-15,21-25,31-33,37,47H,16-20H2,1-7H3,(H,42,51)(H,43,48)(H,44,52)(H,45,54)(H,46,53)(H,49,50). The number of rotatable bonds is 20. The molecule has 0 radical (unpaired) electrons. The highest BCUT2D eigenvalue weighted by Gasteiger charge is 2.33. The molecular weight excluding hydrogens is 706 g/mol. The molecule has 3 aromatic carbocycles. The molecule has 0 saturated carbocycles. The van der Waals surface area contributed by atoms with Crippen LogP contribution >= 0.6 is 0 Å². The van der Waals surface area contributed by atoms with Gasteiger partial charge in [-0.15, -0.1) is 0 Å². The molecule has 0 aliphatic heterocycles. The quantitative estimate of drug-likeness (QED) is 0.0874. The molecule has 298 valence electrons. The molecule has 3 rings (SSSR count). The third-order valence-corrected chi connectivity index (χ3v) is 8.83. The van der Waals surface area contributed by atoms with Crippen LogP contribution in [-0.2, 0) is 35.2 Å². The molecule has 0 bridgehead atoms. The van der Waals surface area contributed by atoms with E-state index in [-0.39, 0.29) is 43.3 Å². The van der Waals surface area contributed by atoms with E-state index in [1.54, 1.807) is 38.1 Å². The predicted molar refractivity (Wildman–Crippen MR) is 209 cm³/mol. The number of methoxy groups -OCH3 is 1. The average molecular weight is 762 g/mol. The Hall–Kier alpha value is -5.66. The monoisotopic (exact) mass is 761 g/mol. The highest BCUT2D eigenvalue weighted by Crippen LogP contribution is 2.30. The Labute approximate surface area is 322 Å². The molecule has 0 aliphatic rings. The second-order valence-corrected chi connectivity index (χ2v) is 14.9. The minimum absolute atomic E-state index is 0.0168. The smallest absolute Gasteiger partial charge is 0.303 e. The van der Waals surface area contributed by atoms with Gasteiger partial charge in [0.05, 0.1) is 13.5 Å². The van der Waals surface area contributed by atoms with Gasteiger partial charge < -0.3 is 41.5 Å². The third-order valence-electron chi connectivity index (χ3n) is 8.83. The first-order chi connectivity index (χ1) is 26.0. The number of ether oxygens (including phenoxy) is 1. The van der Waals surface area contributed by atoms with Crippen molar-refractivity contribution in [1.82, 2.24) is 21.3 Å². The molecule has 14 heteroatoms. The van der Waals surface area contributed by atoms with E-state index in [1.165, 1.54) is 19.2 Å². The highest BCUT2D eigenvalue weighted by atomic mass is 16.5. The molecule has 5 amide bonds. The van der Waals surface area contributed by atoms with Gasteiger partial charge in [-0.3, -0.25) is 28.8 Å². The molecule has 3 aromatic rings. The van der Waals surface area contributed by atoms with Crippen LogP contribution < -0.4 is 31.3 Å². The number of aromatic hydroxyl groups is 1. The van der Waals surface area contributed by atoms with Crippen LogP contribution in [0.5, 0.6) is 11.5 Å². The van der Waals surface area contributed by atoms with Crippen LogP contribution in [0.15, 0.2) is 60.7 Å². The zero-order chi connectivity index (χ0) is 40.8. The first kappa shape index (κ1) is 43.7. The summed E-state index contributed by atoms with van der Waals surface area (Å²) in [5.41, 5.74) is 1.10. The van der Waals surface area contributed by atoms with Gasteiger partial charge in [0.25, 0.3) is 0 Å². The summed E-state index contributed by atoms with van der Waals surface area (Å²) in [5.74, 6) is -4.06. The summed E-state index contributed by atoms with van der Waals surface area (Å²) in [6.07, 6.45) is -0.182. The van der Waals surface area contributed by atoms with Crippen LogP contribution in [0, 0.1) is 17.8 Å². The van der Waals surface area contributed by atoms with Crippen molar-refractivity contribution in [2.75, 3.05) is 12.4 Å². The van der Waals surface area contributed by atoms with Gasteiger partial charge in [-0.25, -0.2) is 0 Å². The number of phenols is 1. The maximum absolute atomic E-state index is 14.0. The van der Waals surface area contributed by atoms with Gasteiger partial charge in [-0.1, -0.05) is 77.9 Å². The maximum Gasteiger partial charge on any atom is 0.303 e. The molecule has 0 aliphatic carbocycles. The number of nitrogens with one attached hydrogen (secondary N) is 5. The number of hydrogen-bond acceptors (Lipinski definition) is 8. The van der Waals surface area contributed by atoms with Crippen molar-refractivity contribution < 1.29 is 43.7 Å². The topological polar surface area (TPSA) is 212 Å². The summed E-state index contributed by atoms with van der Waals surface area (Å²) >= 11 is 0. The van der Waals surface area contributed by atoms with Gasteiger partial charge in [-0.05, 0) is 59.7 Å². The van der Waals surface area contributed by atoms with Crippen LogP contribution in [0.25, 0.3) is 10.8 Å². The number of benzene rings is 3. The summed E-state index contributed by atoms with van der Waals surface area (Å²) < 4.78 is 5.56. The Kier molecular flexibility index (Phi) is 16.5. The summed E-state index contributed by atoms with van der Waals surface area (Å²) in [4.78, 5) is 78.7. The number of carbonyl (C=O) groups is 6. The van der Waals surface area contributed by atoms with Crippen LogP contribution in [0.3, 0.4) is 0 Å². The Morgan fingerprint density at radius 3 is 1.84 bits per heavy atom. The molecule has 0 fully saturated rings. The molecule has 14 nitrogen and oxygen atoms in total. The lowest BCUT2D eigenvalue weighted by molar-refractivity contribution is -0.139. The van der Waals surface area contributed by atoms with Gasteiger partial charge in [0.1, 0.15) is 35.7 Å². The SMILES string of the molecule is COc1cc(NC(=O)C(Cc2ccc(O)cc2)NC(=O)C(NC(=O)C(CC(C)C)NC(=O)C(CC(C)C)NC(=O)CCC(=O)O)C(C)C)cc2ccccc12. The number of phenolic OH excluding ortho intramolecular Hbond substituents is 1. The summed E-state index contributed by atoms with van der Waals surface area (Å²) in [6.45, 7) is 10.9. The van der Waals surface area contributed by atoms with Gasteiger partial charge in [-0.2, -0.15) is 0 Å². The fourth-order valence-electron chi connectivity index (χ4n) is 6.04. The van der Waals surface area contributed by atoms with Crippen molar-refractivity contribution in [3.05, 3.63) is 66.2 Å². The maximum atomic E-state index is 14.0. The summed E-state index contributed by atoms with van der Waals surface area (Å²) in [7, 11) is 1.53. The predicted octanol–water partition coefficient (Wildman–Crippen LogP) is 4.29. The average Bonchev–Trinajstić information content (AvgIpc) is 3.11. The lowest BCUT2D eigenvalue weighted by Gasteiger charge is -2.29. The number of amides is 5. The molecule has 0 aromatic heterocycles. The Bertz CT molecular complexity index is 1810. The van der Waals surface area contributed by atoms with Crippen molar-refractivity contribution in [2.24, 2.45) is 17.8 Å². The fraction of sp³-hybridized carbons (Fsp3) is 0.463. The lowest BCUT2D eigenvalue weighted by atomic mass is 9.98. The molecule has 4 unspecified atom stereocenters. The van der Waals surface area contributed by atoms with E-state index in [1.807, 2.05) is 52.0 Å². The number of anilines is 1. The number of aliphatic carboxylic acids is 1. The molecule has 7 N–H and O–H groups in total. The first-order valence-corrected chi connectivity index (χ1v) is 18.5. The van der Waals surface area contributed by atoms with E-state index in [0.717, 1.165) is 10.8 Å². The number of fused-ring (bicyclic) bond motifs is 1. The number of carbonyl (C=O) groups excluding carboxylic acids is 5. The lowest BCUT2D eigenvalue weighted by Crippen LogP contribution is -2.59. The van der Waals surface area contributed by atoms with E-state index in [4.69, 9.17) is 9.84 Å². The Balaban J connectivity index is 1.84. The Morgan fingerprint density at radius 2 is 1.25 bits per heavy atom. The minimum atomic E-state index is -1.14. The van der Waals surface area contributed by atoms with E-state index in [9.17, 15) is 33.9 Å². The third kappa shape index (κ3) is 13.9. The second kappa shape index (κ2) is 20.7. The van der Waals surface area contributed by atoms with Gasteiger partial charge in [0.2, 0.25) is 29.5 Å². The largest absolute Gasteiger partial charge is 0.508 e. The fourth-order valence-corrected chi connectivity index (χ4v) is 6.04. The number of carboxylic acid groups (broad SMARTS) is 1. The van der Waals surface area contributed by atoms with E-state index in [2.05, 4.69) is 26.6 Å². The normalized spacial score (nSPS) is 13.4. The molecule has 0 heterocycles. The van der Waals surface area contributed by atoms with Gasteiger partial charge in [0.15, 0.2) is 0 Å².